The van der Waals surface area contributed by atoms with Gasteiger partial charge in [0.1, 0.15) is 0 Å². The second-order valence-electron chi connectivity index (χ2n) is 2.22. The molecule has 1 heteroatoms. The van der Waals surface area contributed by atoms with E-state index in [0.29, 0.717) is 0 Å². The molecule has 1 rings (SSSR count). The molecule has 0 aromatic heterocycles. The summed E-state index contributed by atoms with van der Waals surface area (Å²) in [5.74, 6) is 0. The van der Waals surface area contributed by atoms with E-state index in [-0.39, 0.29) is 9.52 Å². The summed E-state index contributed by atoms with van der Waals surface area (Å²) in [5, 5.41) is 0. The van der Waals surface area contributed by atoms with Crippen molar-refractivity contribution in [3.8, 4) is 0 Å². The molecule has 0 nitrogen and oxygen atoms in total. The monoisotopic (exact) mass is 124 g/mol. The standard InChI is InChI=1S/C7H12Si/c1-8-7-5-3-2-4-6-7/h2-5,7H,6,8H2,1H3. The largest absolute Gasteiger partial charge is 0.0844 e. The minimum absolute atomic E-state index is 0.230. The molecule has 0 fully saturated rings. The zero-order valence-corrected chi connectivity index (χ0v) is 6.72. The molecule has 0 bridgehead atoms. The Morgan fingerprint density at radius 2 is 2.38 bits per heavy atom. The van der Waals surface area contributed by atoms with Gasteiger partial charge in [0, 0.05) is 9.52 Å². The summed E-state index contributed by atoms with van der Waals surface area (Å²) in [7, 11) is 0.230. The molecule has 0 N–H and O–H groups in total. The molecule has 1 atom stereocenters. The third-order valence-electron chi connectivity index (χ3n) is 1.59. The molecule has 0 aromatic carbocycles. The summed E-state index contributed by atoms with van der Waals surface area (Å²) in [6, 6.07) is 0. The Morgan fingerprint density at radius 1 is 1.50 bits per heavy atom. The van der Waals surface area contributed by atoms with Crippen molar-refractivity contribution in [2.45, 2.75) is 18.5 Å². The number of rotatable bonds is 1. The number of allylic oxidation sites excluding steroid dienone is 4. The Balaban J connectivity index is 2.40. The second kappa shape index (κ2) is 2.87. The van der Waals surface area contributed by atoms with Crippen LogP contribution in [0.25, 0.3) is 0 Å². The van der Waals surface area contributed by atoms with Crippen LogP contribution >= 0.6 is 0 Å². The van der Waals surface area contributed by atoms with Gasteiger partial charge in [-0.1, -0.05) is 30.9 Å². The van der Waals surface area contributed by atoms with Crippen LogP contribution in [0.5, 0.6) is 0 Å². The highest BCUT2D eigenvalue weighted by molar-refractivity contribution is 6.36. The van der Waals surface area contributed by atoms with Crippen molar-refractivity contribution in [1.29, 1.82) is 0 Å². The third-order valence-corrected chi connectivity index (χ3v) is 3.25. The molecule has 44 valence electrons. The Labute approximate surface area is 53.1 Å². The van der Waals surface area contributed by atoms with Crippen LogP contribution in [0.4, 0.5) is 0 Å². The van der Waals surface area contributed by atoms with Gasteiger partial charge in [0.15, 0.2) is 0 Å². The zero-order valence-electron chi connectivity index (χ0n) is 5.30. The van der Waals surface area contributed by atoms with E-state index >= 15 is 0 Å². The average molecular weight is 124 g/mol. The van der Waals surface area contributed by atoms with Gasteiger partial charge in [-0.05, 0) is 12.0 Å². The van der Waals surface area contributed by atoms with E-state index in [1.807, 2.05) is 0 Å². The summed E-state index contributed by atoms with van der Waals surface area (Å²) >= 11 is 0. The lowest BCUT2D eigenvalue weighted by Gasteiger charge is -2.06. The molecule has 0 saturated heterocycles. The van der Waals surface area contributed by atoms with Crippen molar-refractivity contribution in [2.24, 2.45) is 0 Å². The molecule has 0 saturated carbocycles. The Morgan fingerprint density at radius 3 is 2.75 bits per heavy atom. The van der Waals surface area contributed by atoms with Crippen molar-refractivity contribution in [3.63, 3.8) is 0 Å². The summed E-state index contributed by atoms with van der Waals surface area (Å²) in [6.45, 7) is 2.37. The second-order valence-corrected chi connectivity index (χ2v) is 4.08. The third kappa shape index (κ3) is 1.34. The van der Waals surface area contributed by atoms with E-state index in [1.54, 1.807) is 0 Å². The van der Waals surface area contributed by atoms with Crippen LogP contribution < -0.4 is 0 Å². The van der Waals surface area contributed by atoms with Crippen LogP contribution in [0.3, 0.4) is 0 Å². The van der Waals surface area contributed by atoms with E-state index in [9.17, 15) is 0 Å². The molecule has 0 spiro atoms. The van der Waals surface area contributed by atoms with Gasteiger partial charge in [0.2, 0.25) is 0 Å². The zero-order chi connectivity index (χ0) is 5.82. The lowest BCUT2D eigenvalue weighted by Crippen LogP contribution is -1.95. The van der Waals surface area contributed by atoms with E-state index in [1.165, 1.54) is 6.42 Å². The van der Waals surface area contributed by atoms with Crippen molar-refractivity contribution >= 4 is 9.52 Å². The predicted octanol–water partition coefficient (Wildman–Crippen LogP) is 1.51. The molecular formula is C7H12Si. The smallest absolute Gasteiger partial charge is 0.0252 e. The molecule has 1 unspecified atom stereocenters. The van der Waals surface area contributed by atoms with E-state index < -0.39 is 0 Å². The van der Waals surface area contributed by atoms with Crippen LogP contribution in [0, 0.1) is 0 Å². The van der Waals surface area contributed by atoms with Gasteiger partial charge in [0.05, 0.1) is 0 Å². The minimum Gasteiger partial charge on any atom is -0.0844 e. The Kier molecular flexibility index (Phi) is 2.09. The first kappa shape index (κ1) is 5.83. The summed E-state index contributed by atoms with van der Waals surface area (Å²) in [4.78, 5) is 0. The highest BCUT2D eigenvalue weighted by Gasteiger charge is 1.99. The van der Waals surface area contributed by atoms with Gasteiger partial charge in [-0.15, -0.1) is 0 Å². The molecule has 0 aromatic rings. The van der Waals surface area contributed by atoms with Crippen LogP contribution in [-0.2, 0) is 0 Å². The maximum absolute atomic E-state index is 2.37. The molecule has 1 aliphatic carbocycles. The molecule has 0 aliphatic heterocycles. The molecule has 0 amide bonds. The van der Waals surface area contributed by atoms with Gasteiger partial charge < -0.3 is 0 Å². The first-order valence-electron chi connectivity index (χ1n) is 3.27. The van der Waals surface area contributed by atoms with Crippen LogP contribution in [-0.4, -0.2) is 9.52 Å². The summed E-state index contributed by atoms with van der Waals surface area (Å²) in [6.07, 6.45) is 10.2. The molecule has 1 aliphatic rings. The van der Waals surface area contributed by atoms with Crippen molar-refractivity contribution < 1.29 is 0 Å². The molecule has 0 radical (unpaired) electrons. The molecule has 8 heavy (non-hydrogen) atoms. The van der Waals surface area contributed by atoms with Crippen molar-refractivity contribution in [2.75, 3.05) is 0 Å². The van der Waals surface area contributed by atoms with E-state index in [2.05, 4.69) is 30.9 Å². The Bertz CT molecular complexity index is 114. The van der Waals surface area contributed by atoms with Gasteiger partial charge in [-0.3, -0.25) is 0 Å². The first-order valence-corrected chi connectivity index (χ1v) is 5.50. The topological polar surface area (TPSA) is 0 Å². The lowest BCUT2D eigenvalue weighted by molar-refractivity contribution is 1.02. The maximum Gasteiger partial charge on any atom is 0.0252 e. The quantitative estimate of drug-likeness (QED) is 0.465. The van der Waals surface area contributed by atoms with Crippen LogP contribution in [0.2, 0.25) is 12.1 Å². The van der Waals surface area contributed by atoms with Gasteiger partial charge in [-0.2, -0.15) is 0 Å². The predicted molar refractivity (Wildman–Crippen MR) is 41.1 cm³/mol. The van der Waals surface area contributed by atoms with Crippen LogP contribution in [0.15, 0.2) is 24.3 Å². The van der Waals surface area contributed by atoms with Crippen LogP contribution in [0.1, 0.15) is 6.42 Å². The van der Waals surface area contributed by atoms with Crippen molar-refractivity contribution in [3.05, 3.63) is 24.3 Å². The lowest BCUT2D eigenvalue weighted by atomic mass is 10.2. The Hall–Kier alpha value is -0.303. The fourth-order valence-electron chi connectivity index (χ4n) is 0.935. The van der Waals surface area contributed by atoms with Crippen molar-refractivity contribution in [1.82, 2.24) is 0 Å². The first-order chi connectivity index (χ1) is 3.93. The summed E-state index contributed by atoms with van der Waals surface area (Å²) in [5.41, 5.74) is 0.958. The highest BCUT2D eigenvalue weighted by Crippen LogP contribution is 2.15. The fraction of sp³-hybridized carbons (Fsp3) is 0.429. The van der Waals surface area contributed by atoms with E-state index in [4.69, 9.17) is 0 Å². The van der Waals surface area contributed by atoms with Gasteiger partial charge in [0.25, 0.3) is 0 Å². The highest BCUT2D eigenvalue weighted by atomic mass is 28.2. The normalized spacial score (nSPS) is 27.9. The number of hydrogen-bond donors (Lipinski definition) is 0. The molecular weight excluding hydrogens is 112 g/mol. The number of hydrogen-bond acceptors (Lipinski definition) is 0. The van der Waals surface area contributed by atoms with E-state index in [0.717, 1.165) is 5.54 Å². The SMILES string of the molecule is C[SiH2]C1C=CC=CC1. The fourth-order valence-corrected chi connectivity index (χ4v) is 1.89. The van der Waals surface area contributed by atoms with Gasteiger partial charge >= 0.3 is 0 Å². The maximum atomic E-state index is 2.37. The minimum atomic E-state index is 0.230. The average Bonchev–Trinajstić information content (AvgIpc) is 1.90. The molecule has 0 heterocycles. The summed E-state index contributed by atoms with van der Waals surface area (Å²) < 4.78 is 0. The van der Waals surface area contributed by atoms with Gasteiger partial charge in [-0.25, -0.2) is 0 Å².